The number of carboxylic acid groups (broad SMARTS) is 8. The van der Waals surface area contributed by atoms with Crippen LogP contribution in [0.4, 0.5) is 68.2 Å². The zero-order chi connectivity index (χ0) is 88.6. The molecule has 0 radical (unpaired) electrons. The summed E-state index contributed by atoms with van der Waals surface area (Å²) in [6.07, 6.45) is 0. The Bertz CT molecular complexity index is 6630. The van der Waals surface area contributed by atoms with Gasteiger partial charge in [-0.25, -0.2) is 38.4 Å². The van der Waals surface area contributed by atoms with Crippen molar-refractivity contribution in [3.05, 3.63) is 407 Å². The molecular formula is C105H66N6O17. The number of aromatic carboxylic acids is 8. The van der Waals surface area contributed by atoms with Gasteiger partial charge in [0.1, 0.15) is 0 Å². The largest absolute Gasteiger partial charge is 0.478 e. The monoisotopic (exact) mass is 1680 g/mol. The summed E-state index contributed by atoms with van der Waals surface area (Å²) in [5.74, 6) is -9.07. The molecule has 23 heteroatoms. The Labute approximate surface area is 726 Å². The van der Waals surface area contributed by atoms with Gasteiger partial charge in [0.15, 0.2) is 5.78 Å². The third-order valence-corrected chi connectivity index (χ3v) is 23.2. The number of hydrogen-bond donors (Lipinski definition) is 8. The smallest absolute Gasteiger partial charge is 0.335 e. The summed E-state index contributed by atoms with van der Waals surface area (Å²) in [6, 6.07) is 102. The number of anilines is 12. The Morgan fingerprint density at radius 2 is 0.352 bits per heavy atom. The van der Waals surface area contributed by atoms with Crippen molar-refractivity contribution in [2.75, 3.05) is 19.6 Å². The van der Waals surface area contributed by atoms with Gasteiger partial charge in [0.25, 0.3) is 0 Å². The van der Waals surface area contributed by atoms with Crippen molar-refractivity contribution in [2.45, 2.75) is 0 Å². The molecule has 1 aliphatic carbocycles. The summed E-state index contributed by atoms with van der Waals surface area (Å²) in [6.45, 7) is 0. The van der Waals surface area contributed by atoms with Crippen LogP contribution in [0.15, 0.2) is 352 Å². The van der Waals surface area contributed by atoms with Gasteiger partial charge in [0, 0.05) is 112 Å². The molecule has 18 aromatic rings. The van der Waals surface area contributed by atoms with Crippen LogP contribution >= 0.6 is 0 Å². The highest BCUT2D eigenvalue weighted by molar-refractivity contribution is 6.23. The number of hydrogen-bond acceptors (Lipinski definition) is 13. The lowest BCUT2D eigenvalue weighted by Crippen LogP contribution is -2.11. The Morgan fingerprint density at radius 1 is 0.180 bits per heavy atom. The number of carbonyl (C=O) groups excluding carboxylic acids is 1. The first kappa shape index (κ1) is 79.5. The second-order valence-electron chi connectivity index (χ2n) is 30.6. The number of rotatable bonds is 24. The van der Waals surface area contributed by atoms with Gasteiger partial charge in [0.05, 0.1) is 66.6 Å². The lowest BCUT2D eigenvalue weighted by atomic mass is 9.98. The van der Waals surface area contributed by atoms with Gasteiger partial charge >= 0.3 is 47.8 Å². The highest BCUT2D eigenvalue weighted by Gasteiger charge is 2.30. The number of aromatic nitrogens is 2. The zero-order valence-electron chi connectivity index (χ0n) is 66.9. The average molecular weight is 1680 g/mol. The molecule has 19 rings (SSSR count). The summed E-state index contributed by atoms with van der Waals surface area (Å²) < 4.78 is 4.23. The Morgan fingerprint density at radius 3 is 0.531 bits per heavy atom. The maximum Gasteiger partial charge on any atom is 0.335 e. The molecule has 2 heterocycles. The minimum absolute atomic E-state index is 0.0608. The molecule has 2 aromatic heterocycles. The molecule has 0 atom stereocenters. The number of carbonyl (C=O) groups is 9. The maximum atomic E-state index is 15.0. The van der Waals surface area contributed by atoms with Gasteiger partial charge < -0.3 is 69.6 Å². The molecule has 0 fully saturated rings. The number of carboxylic acids is 8. The van der Waals surface area contributed by atoms with Crippen molar-refractivity contribution in [1.29, 1.82) is 0 Å². The van der Waals surface area contributed by atoms with Crippen LogP contribution in [-0.2, 0) is 0 Å². The standard InChI is InChI=1S/C105H66N6O17/c112-97-91-53-69(59-1-23-79(24-2-59)110-93-49-43-81(106(71-27-5-61(6-28-71)98(113)114)72-29-7-62(8-30-72)99(115)116)55-87(93)88-56-82(44-50-94(88)110)107(73-31-9-63(10-32-73)100(117)118)74-33-11-64(12-34-74)101(119)120)21-47-85(91)86-48-22-70(54-92(86)97)60-3-25-80(26-4-60)111-95-51-45-83(108(75-35-13-65(14-36-75)102(121)122)76-37-15-66(16-38-76)103(123)124)57-89(95)90-58-84(46-52-96(90)111)109(77-39-17-67(18-40-77)104(125)126)78-41-19-68(20-42-78)105(127)128/h1-58H,(H,113,114)(H,115,116)(H,117,118)(H,119,120)(H,121,122)(H,123,124)(H,125,126)(H,127,128). The molecule has 0 unspecified atom stereocenters. The van der Waals surface area contributed by atoms with E-state index in [9.17, 15) is 84.0 Å². The summed E-state index contributed by atoms with van der Waals surface area (Å²) in [5, 5.41) is 82.4. The van der Waals surface area contributed by atoms with Crippen LogP contribution in [0, 0.1) is 0 Å². The van der Waals surface area contributed by atoms with Crippen LogP contribution in [0.2, 0.25) is 0 Å². The lowest BCUT2D eigenvalue weighted by molar-refractivity contribution is 0.0686. The van der Waals surface area contributed by atoms with E-state index in [4.69, 9.17) is 0 Å². The topological polar surface area (TPSA) is 338 Å². The highest BCUT2D eigenvalue weighted by Crippen LogP contribution is 2.48. The van der Waals surface area contributed by atoms with E-state index in [1.54, 1.807) is 97.1 Å². The molecule has 128 heavy (non-hydrogen) atoms. The Kier molecular flexibility index (Phi) is 19.9. The Hall–Kier alpha value is -18.3. The lowest BCUT2D eigenvalue weighted by Gasteiger charge is -2.26. The average Bonchev–Trinajstić information content (AvgIpc) is 1.56. The second kappa shape index (κ2) is 32.0. The third-order valence-electron chi connectivity index (χ3n) is 23.2. The van der Waals surface area contributed by atoms with Crippen molar-refractivity contribution < 1.29 is 84.0 Å². The minimum Gasteiger partial charge on any atom is -0.478 e. The van der Waals surface area contributed by atoms with Crippen molar-refractivity contribution in [3.8, 4) is 44.8 Å². The van der Waals surface area contributed by atoms with E-state index in [0.29, 0.717) is 79.4 Å². The van der Waals surface area contributed by atoms with Crippen LogP contribution in [0.3, 0.4) is 0 Å². The summed E-state index contributed by atoms with van der Waals surface area (Å²) >= 11 is 0. The molecule has 0 aliphatic heterocycles. The van der Waals surface area contributed by atoms with E-state index < -0.39 is 47.8 Å². The zero-order valence-corrected chi connectivity index (χ0v) is 66.9. The van der Waals surface area contributed by atoms with E-state index in [2.05, 4.69) is 9.13 Å². The Balaban J connectivity index is 0.668. The molecule has 0 spiro atoms. The predicted molar refractivity (Wildman–Crippen MR) is 489 cm³/mol. The highest BCUT2D eigenvalue weighted by atomic mass is 16.4. The quantitative estimate of drug-likeness (QED) is 0.0279. The third kappa shape index (κ3) is 14.4. The first-order valence-electron chi connectivity index (χ1n) is 40.0. The SMILES string of the molecule is O=C(O)c1ccc(N(c2ccc(C(=O)O)cc2)c2ccc3c(c2)c2cc(N(c4ccc(C(=O)O)cc4)c4ccc(C(=O)O)cc4)ccc2n3-c2ccc(-c3ccc4c(c3)C(=O)c3cc(-c5ccc(-n6c7ccc(N(c8ccc(C(=O)O)cc8)c8ccc(C(=O)O)cc8)cc7c7cc(N(c8ccc(C(=O)O)cc8)c8ccc(C(=O)O)cc8)ccc76)cc5)ccc3-4)cc2)cc1. The summed E-state index contributed by atoms with van der Waals surface area (Å²) in [5.41, 5.74) is 18.0. The van der Waals surface area contributed by atoms with Gasteiger partial charge in [-0.2, -0.15) is 0 Å². The predicted octanol–water partition coefficient (Wildman–Crippen LogP) is 23.9. The molecule has 0 bridgehead atoms. The molecule has 0 saturated heterocycles. The van der Waals surface area contributed by atoms with E-state index in [1.165, 1.54) is 97.1 Å². The van der Waals surface area contributed by atoms with Gasteiger partial charge in [-0.15, -0.1) is 0 Å². The fraction of sp³-hybridized carbons (Fsp3) is 0. The molecule has 23 nitrogen and oxygen atoms in total. The normalized spacial score (nSPS) is 11.5. The van der Waals surface area contributed by atoms with Crippen LogP contribution in [0.1, 0.15) is 98.8 Å². The molecule has 1 aliphatic rings. The van der Waals surface area contributed by atoms with Crippen LogP contribution in [0.5, 0.6) is 0 Å². The van der Waals surface area contributed by atoms with Crippen LogP contribution in [0.25, 0.3) is 88.4 Å². The molecule has 618 valence electrons. The van der Waals surface area contributed by atoms with E-state index >= 15 is 0 Å². The van der Waals surface area contributed by atoms with E-state index in [-0.39, 0.29) is 50.3 Å². The van der Waals surface area contributed by atoms with Crippen LogP contribution < -0.4 is 19.6 Å². The number of fused-ring (bicyclic) bond motifs is 9. The first-order chi connectivity index (χ1) is 61.9. The summed E-state index contributed by atoms with van der Waals surface area (Å²) in [7, 11) is 0. The fourth-order valence-corrected chi connectivity index (χ4v) is 17.0. The molecular weight excluding hydrogens is 1620 g/mol. The molecule has 8 N–H and O–H groups in total. The van der Waals surface area contributed by atoms with E-state index in [1.807, 2.05) is 177 Å². The van der Waals surface area contributed by atoms with Crippen molar-refractivity contribution in [3.63, 3.8) is 0 Å². The summed E-state index contributed by atoms with van der Waals surface area (Å²) in [4.78, 5) is 120. The van der Waals surface area contributed by atoms with Crippen molar-refractivity contribution in [2.24, 2.45) is 0 Å². The first-order valence-corrected chi connectivity index (χ1v) is 40.0. The molecule has 16 aromatic carbocycles. The van der Waals surface area contributed by atoms with Crippen LogP contribution in [-0.4, -0.2) is 104 Å². The number of benzene rings is 16. The maximum absolute atomic E-state index is 15.0. The van der Waals surface area contributed by atoms with Crippen molar-refractivity contribution in [1.82, 2.24) is 9.13 Å². The van der Waals surface area contributed by atoms with E-state index in [0.717, 1.165) is 88.4 Å². The van der Waals surface area contributed by atoms with Gasteiger partial charge in [-0.05, 0) is 337 Å². The minimum atomic E-state index is -1.11. The van der Waals surface area contributed by atoms with Gasteiger partial charge in [0.2, 0.25) is 0 Å². The molecule has 0 amide bonds. The molecule has 0 saturated carbocycles. The van der Waals surface area contributed by atoms with Gasteiger partial charge in [-0.3, -0.25) is 4.79 Å². The van der Waals surface area contributed by atoms with Gasteiger partial charge in [-0.1, -0.05) is 48.5 Å². The second-order valence-corrected chi connectivity index (χ2v) is 30.6. The van der Waals surface area contributed by atoms with Crippen molar-refractivity contribution >= 4 is 165 Å². The fourth-order valence-electron chi connectivity index (χ4n) is 17.0. The number of nitrogens with zero attached hydrogens (tertiary/aromatic N) is 6. The number of ketones is 1.